The molecule has 0 saturated heterocycles. The summed E-state index contributed by atoms with van der Waals surface area (Å²) < 4.78 is 1.96. The van der Waals surface area contributed by atoms with Crippen LogP contribution in [-0.2, 0) is 18.5 Å². The Bertz CT molecular complexity index is 1320. The van der Waals surface area contributed by atoms with E-state index in [1.807, 2.05) is 35.9 Å². The third-order valence-corrected chi connectivity index (χ3v) is 7.13. The lowest BCUT2D eigenvalue weighted by Gasteiger charge is -2.33. The average Bonchev–Trinajstić information content (AvgIpc) is 3.35. The van der Waals surface area contributed by atoms with Gasteiger partial charge in [0, 0.05) is 18.7 Å². The van der Waals surface area contributed by atoms with E-state index in [2.05, 4.69) is 83.4 Å². The van der Waals surface area contributed by atoms with Gasteiger partial charge in [0.1, 0.15) is 0 Å². The lowest BCUT2D eigenvalue weighted by Crippen LogP contribution is -2.37. The van der Waals surface area contributed by atoms with Crippen LogP contribution in [0.3, 0.4) is 0 Å². The number of aromatic amines is 1. The van der Waals surface area contributed by atoms with Crippen molar-refractivity contribution < 1.29 is 0 Å². The second-order valence-electron chi connectivity index (χ2n) is 9.91. The van der Waals surface area contributed by atoms with Gasteiger partial charge in [-0.2, -0.15) is 0 Å². The van der Waals surface area contributed by atoms with Gasteiger partial charge in [0.25, 0.3) is 5.56 Å². The second-order valence-corrected chi connectivity index (χ2v) is 9.91. The van der Waals surface area contributed by atoms with Gasteiger partial charge in [0.05, 0.1) is 17.1 Å². The number of H-pyrrole nitrogens is 1. The minimum atomic E-state index is -0.199. The zero-order valence-electron chi connectivity index (χ0n) is 21.5. The molecule has 0 radical (unpaired) electrons. The van der Waals surface area contributed by atoms with Gasteiger partial charge in [-0.05, 0) is 73.0 Å². The number of rotatable bonds is 10. The summed E-state index contributed by atoms with van der Waals surface area (Å²) in [6.45, 7) is 11.9. The minimum Gasteiger partial charge on any atom is -0.321 e. The van der Waals surface area contributed by atoms with Gasteiger partial charge in [-0.3, -0.25) is 9.69 Å². The van der Waals surface area contributed by atoms with E-state index >= 15 is 0 Å². The predicted octanol–water partition coefficient (Wildman–Crippen LogP) is 5.16. The molecule has 0 aliphatic rings. The van der Waals surface area contributed by atoms with Gasteiger partial charge in [0.15, 0.2) is 5.82 Å². The number of nitrogens with one attached hydrogen (secondary N) is 1. The highest BCUT2D eigenvalue weighted by atomic mass is 16.1. The summed E-state index contributed by atoms with van der Waals surface area (Å²) in [6, 6.07) is 18.6. The number of tetrazole rings is 1. The fourth-order valence-corrected chi connectivity index (χ4v) is 4.61. The van der Waals surface area contributed by atoms with Crippen molar-refractivity contribution in [2.75, 3.05) is 6.54 Å². The summed E-state index contributed by atoms with van der Waals surface area (Å²) >= 11 is 0. The van der Waals surface area contributed by atoms with Crippen molar-refractivity contribution in [2.45, 2.75) is 72.0 Å². The quantitative estimate of drug-likeness (QED) is 0.345. The van der Waals surface area contributed by atoms with Crippen LogP contribution in [-0.4, -0.2) is 36.6 Å². The number of hydrogen-bond donors (Lipinski definition) is 1. The highest BCUT2D eigenvalue weighted by Gasteiger charge is 2.31. The molecule has 184 valence electrons. The zero-order valence-corrected chi connectivity index (χ0v) is 21.5. The van der Waals surface area contributed by atoms with Crippen molar-refractivity contribution in [3.8, 4) is 0 Å². The van der Waals surface area contributed by atoms with Crippen molar-refractivity contribution in [1.82, 2.24) is 30.1 Å². The Hall–Kier alpha value is -3.32. The van der Waals surface area contributed by atoms with Crippen molar-refractivity contribution >= 4 is 10.9 Å². The van der Waals surface area contributed by atoms with Crippen LogP contribution in [0, 0.1) is 6.92 Å². The first-order valence-corrected chi connectivity index (χ1v) is 12.5. The largest absolute Gasteiger partial charge is 0.321 e. The Morgan fingerprint density at radius 1 is 1.09 bits per heavy atom. The third kappa shape index (κ3) is 5.35. The van der Waals surface area contributed by atoms with E-state index < -0.39 is 0 Å². The summed E-state index contributed by atoms with van der Waals surface area (Å²) in [5.74, 6) is 0.848. The van der Waals surface area contributed by atoms with Crippen LogP contribution in [0.4, 0.5) is 0 Å². The Labute approximate surface area is 207 Å². The number of para-hydroxylation sites is 1. The molecule has 0 aliphatic carbocycles. The average molecular weight is 473 g/mol. The zero-order chi connectivity index (χ0) is 25.0. The highest BCUT2D eigenvalue weighted by molar-refractivity contribution is 5.81. The summed E-state index contributed by atoms with van der Waals surface area (Å²) in [6.07, 6.45) is 2.62. The van der Waals surface area contributed by atoms with E-state index in [0.717, 1.165) is 53.7 Å². The molecule has 0 aliphatic heterocycles. The predicted molar refractivity (Wildman–Crippen MR) is 140 cm³/mol. The molecular formula is C28H36N6O. The maximum Gasteiger partial charge on any atom is 0.252 e. The van der Waals surface area contributed by atoms with Gasteiger partial charge in [0.2, 0.25) is 0 Å². The maximum absolute atomic E-state index is 13.1. The summed E-state index contributed by atoms with van der Waals surface area (Å²) in [4.78, 5) is 18.6. The maximum atomic E-state index is 13.1. The first-order valence-electron chi connectivity index (χ1n) is 12.5. The van der Waals surface area contributed by atoms with E-state index in [1.165, 1.54) is 5.56 Å². The third-order valence-electron chi connectivity index (χ3n) is 7.13. The van der Waals surface area contributed by atoms with Crippen molar-refractivity contribution in [1.29, 1.82) is 0 Å². The molecule has 4 aromatic rings. The Balaban J connectivity index is 1.73. The van der Waals surface area contributed by atoms with Crippen molar-refractivity contribution in [3.63, 3.8) is 0 Å². The van der Waals surface area contributed by atoms with Crippen molar-refractivity contribution in [2.24, 2.45) is 0 Å². The molecule has 2 heterocycles. The van der Waals surface area contributed by atoms with Crippen LogP contribution in [0.15, 0.2) is 59.4 Å². The number of pyridine rings is 1. The molecular weight excluding hydrogens is 436 g/mol. The summed E-state index contributed by atoms with van der Waals surface area (Å²) in [7, 11) is 0. The molecule has 0 amide bonds. The Kier molecular flexibility index (Phi) is 7.45. The molecule has 7 nitrogen and oxygen atoms in total. The number of fused-ring (bicyclic) bond motifs is 1. The molecule has 0 saturated carbocycles. The van der Waals surface area contributed by atoms with Crippen molar-refractivity contribution in [3.05, 3.63) is 87.5 Å². The second kappa shape index (κ2) is 10.5. The molecule has 2 aromatic carbocycles. The van der Waals surface area contributed by atoms with Crippen LogP contribution in [0.25, 0.3) is 10.9 Å². The molecule has 7 heteroatoms. The summed E-state index contributed by atoms with van der Waals surface area (Å²) in [5.41, 5.74) is 3.75. The van der Waals surface area contributed by atoms with Gasteiger partial charge in [-0.15, -0.1) is 5.10 Å². The first kappa shape index (κ1) is 24.8. The van der Waals surface area contributed by atoms with E-state index in [1.54, 1.807) is 0 Å². The molecule has 0 bridgehead atoms. The van der Waals surface area contributed by atoms with E-state index in [-0.39, 0.29) is 17.1 Å². The molecule has 4 rings (SSSR count). The van der Waals surface area contributed by atoms with Gasteiger partial charge in [-0.1, -0.05) is 62.4 Å². The first-order chi connectivity index (χ1) is 16.8. The number of hydrogen-bond acceptors (Lipinski definition) is 5. The van der Waals surface area contributed by atoms with E-state index in [4.69, 9.17) is 0 Å². The smallest absolute Gasteiger partial charge is 0.252 e. The van der Waals surface area contributed by atoms with Gasteiger partial charge >= 0.3 is 0 Å². The van der Waals surface area contributed by atoms with E-state index in [9.17, 15) is 4.79 Å². The van der Waals surface area contributed by atoms with Crippen LogP contribution in [0.2, 0.25) is 0 Å². The topological polar surface area (TPSA) is 79.7 Å². The van der Waals surface area contributed by atoms with E-state index in [0.29, 0.717) is 6.54 Å². The summed E-state index contributed by atoms with van der Waals surface area (Å²) in [5, 5.41) is 13.9. The van der Waals surface area contributed by atoms with Gasteiger partial charge in [-0.25, -0.2) is 4.68 Å². The lowest BCUT2D eigenvalue weighted by atomic mass is 10.0. The number of aryl methyl sites for hydroxylation is 1. The molecule has 1 atom stereocenters. The van der Waals surface area contributed by atoms with Crippen LogP contribution < -0.4 is 5.56 Å². The molecule has 2 aromatic heterocycles. The Morgan fingerprint density at radius 3 is 2.57 bits per heavy atom. The Morgan fingerprint density at radius 2 is 1.86 bits per heavy atom. The van der Waals surface area contributed by atoms with Gasteiger partial charge < -0.3 is 4.98 Å². The molecule has 0 fully saturated rings. The normalized spacial score (nSPS) is 13.0. The molecule has 0 spiro atoms. The minimum absolute atomic E-state index is 0.0212. The fraction of sp³-hybridized carbons (Fsp3) is 0.429. The number of benzene rings is 2. The lowest BCUT2D eigenvalue weighted by molar-refractivity contribution is 0.160. The highest BCUT2D eigenvalue weighted by Crippen LogP contribution is 2.29. The monoisotopic (exact) mass is 472 g/mol. The standard InChI is InChI=1S/C28H36N6O/c1-6-24(26-30-31-32-34(26)28(4,5)7-2)33(17-16-21-13-9-8-10-14-21)19-23-18-22-15-11-12-20(3)25(22)29-27(23)35/h8-15,18,24H,6-7,16-17,19H2,1-5H3,(H,29,35)/t24-/m0/s1. The number of aromatic nitrogens is 5. The fourth-order valence-electron chi connectivity index (χ4n) is 4.61. The van der Waals surface area contributed by atoms with Crippen LogP contribution in [0.5, 0.6) is 0 Å². The molecule has 1 N–H and O–H groups in total. The number of nitrogens with zero attached hydrogens (tertiary/aromatic N) is 5. The van der Waals surface area contributed by atoms with Crippen LogP contribution >= 0.6 is 0 Å². The molecule has 0 unspecified atom stereocenters. The van der Waals surface area contributed by atoms with Crippen LogP contribution in [0.1, 0.15) is 69.1 Å². The SMILES string of the molecule is CC[C@@H](c1nnnn1C(C)(C)CC)N(CCc1ccccc1)Cc1cc2cccc(C)c2[nH]c1=O. The molecule has 35 heavy (non-hydrogen) atoms.